The van der Waals surface area contributed by atoms with Gasteiger partial charge in [-0.1, -0.05) is 43.3 Å². The van der Waals surface area contributed by atoms with Crippen molar-refractivity contribution in [1.29, 1.82) is 0 Å². The molecule has 0 aliphatic carbocycles. The van der Waals surface area contributed by atoms with Crippen LogP contribution in [-0.2, 0) is 16.2 Å². The second-order valence-corrected chi connectivity index (χ2v) is 9.11. The predicted octanol–water partition coefficient (Wildman–Crippen LogP) is 4.85. The van der Waals surface area contributed by atoms with E-state index in [1.54, 1.807) is 0 Å². The van der Waals surface area contributed by atoms with Crippen LogP contribution in [0.1, 0.15) is 35.9 Å². The van der Waals surface area contributed by atoms with Crippen LogP contribution >= 0.6 is 0 Å². The number of piperidine rings is 1. The number of likely N-dealkylation sites (tertiary alicyclic amines) is 1. The van der Waals surface area contributed by atoms with Crippen LogP contribution in [0.3, 0.4) is 0 Å². The van der Waals surface area contributed by atoms with Gasteiger partial charge in [0, 0.05) is 11.6 Å². The smallest absolute Gasteiger partial charge is 0.170 e. The number of aryl methyl sites for hydroxylation is 1. The fourth-order valence-corrected chi connectivity index (χ4v) is 4.44. The van der Waals surface area contributed by atoms with E-state index < -0.39 is 6.61 Å². The van der Waals surface area contributed by atoms with Gasteiger partial charge in [0.25, 0.3) is 0 Å². The van der Waals surface area contributed by atoms with Crippen LogP contribution < -0.4 is 5.32 Å². The number of aromatic amines is 1. The van der Waals surface area contributed by atoms with E-state index >= 15 is 0 Å². The summed E-state index contributed by atoms with van der Waals surface area (Å²) in [5, 5.41) is 16.4. The van der Waals surface area contributed by atoms with Crippen LogP contribution in [0.5, 0.6) is 5.75 Å². The third-order valence-electron chi connectivity index (χ3n) is 6.64. The number of halogens is 1. The molecule has 0 unspecified atom stereocenters. The molecule has 0 amide bonds. The van der Waals surface area contributed by atoms with Crippen molar-refractivity contribution in [3.05, 3.63) is 59.9 Å². The highest BCUT2D eigenvalue weighted by Gasteiger charge is 2.16. The van der Waals surface area contributed by atoms with Gasteiger partial charge in [-0.05, 0) is 79.4 Å². The van der Waals surface area contributed by atoms with Crippen molar-refractivity contribution >= 4 is 34.4 Å². The van der Waals surface area contributed by atoms with E-state index in [1.807, 2.05) is 25.1 Å². The molecule has 0 radical (unpaired) electrons. The second-order valence-electron chi connectivity index (χ2n) is 9.11. The number of carbonyl (C=O) groups is 2. The number of hydrogen-bond donors (Lipinski definition) is 3. The number of hydrogen-bond acceptors (Lipinski definition) is 7. The number of pyridine rings is 1. The molecular weight excluding hydrogens is 487 g/mol. The summed E-state index contributed by atoms with van der Waals surface area (Å²) in [6.45, 7) is 4.10. The lowest BCUT2D eigenvalue weighted by molar-refractivity contribution is -0.145. The van der Waals surface area contributed by atoms with Gasteiger partial charge in [0.15, 0.2) is 12.0 Å². The lowest BCUT2D eigenvalue weighted by atomic mass is 9.98. The lowest BCUT2D eigenvalue weighted by Gasteiger charge is -2.28. The van der Waals surface area contributed by atoms with Gasteiger partial charge in [0.05, 0.1) is 11.1 Å². The Labute approximate surface area is 221 Å². The van der Waals surface area contributed by atoms with Gasteiger partial charge in [-0.25, -0.2) is 4.98 Å². The minimum absolute atomic E-state index is 0.0443. The molecule has 38 heavy (non-hydrogen) atoms. The second kappa shape index (κ2) is 14.3. The minimum atomic E-state index is -0.458. The molecule has 1 aliphatic heterocycles. The summed E-state index contributed by atoms with van der Waals surface area (Å²) < 4.78 is 10.3. The number of H-pyrrole nitrogens is 1. The van der Waals surface area contributed by atoms with Crippen LogP contribution in [0.15, 0.2) is 48.5 Å². The Morgan fingerprint density at radius 3 is 2.45 bits per heavy atom. The number of aldehydes is 2. The summed E-state index contributed by atoms with van der Waals surface area (Å²) >= 11 is 0. The van der Waals surface area contributed by atoms with Crippen molar-refractivity contribution in [3.8, 4) is 16.9 Å². The number of rotatable bonds is 6. The van der Waals surface area contributed by atoms with E-state index in [9.17, 15) is 14.4 Å². The predicted molar refractivity (Wildman–Crippen MR) is 148 cm³/mol. The fourth-order valence-electron chi connectivity index (χ4n) is 4.44. The molecule has 5 rings (SSSR count). The quantitative estimate of drug-likeness (QED) is 0.311. The van der Waals surface area contributed by atoms with E-state index in [2.05, 4.69) is 69.6 Å². The molecule has 1 aliphatic rings. The molecule has 1 saturated heterocycles. The Kier molecular flexibility index (Phi) is 10.9. The maximum atomic E-state index is 11.0. The molecule has 0 saturated carbocycles. The van der Waals surface area contributed by atoms with Gasteiger partial charge >= 0.3 is 0 Å². The first-order valence-electron chi connectivity index (χ1n) is 12.7. The highest BCUT2D eigenvalue weighted by atomic mass is 19.3. The van der Waals surface area contributed by atoms with Crippen molar-refractivity contribution in [3.63, 3.8) is 0 Å². The molecular formula is C29H35FN4O4. The fraction of sp³-hybridized carbons (Fsp3) is 0.345. The van der Waals surface area contributed by atoms with Crippen LogP contribution in [0, 0.1) is 0 Å². The Bertz CT molecular complexity index is 1350. The SMILES string of the molecule is CCc1nc2[nH]c(C=O)c(O)c2cc1-c1ccc2ccccc2c1.CNC1CCN(C)CC1.O=CCOF. The average molecular weight is 523 g/mol. The molecule has 202 valence electrons. The van der Waals surface area contributed by atoms with Gasteiger partial charge in [-0.15, -0.1) is 0 Å². The zero-order chi connectivity index (χ0) is 27.5. The zero-order valence-corrected chi connectivity index (χ0v) is 22.0. The van der Waals surface area contributed by atoms with Gasteiger partial charge < -0.3 is 25.1 Å². The number of nitrogens with zero attached hydrogens (tertiary/aromatic N) is 2. The topological polar surface area (TPSA) is 108 Å². The molecule has 9 heteroatoms. The van der Waals surface area contributed by atoms with Gasteiger partial charge in [0.2, 0.25) is 0 Å². The van der Waals surface area contributed by atoms with Crippen LogP contribution in [0.4, 0.5) is 4.53 Å². The first kappa shape index (κ1) is 28.9. The van der Waals surface area contributed by atoms with Gasteiger partial charge in [-0.2, -0.15) is 4.94 Å². The molecule has 3 heterocycles. The maximum absolute atomic E-state index is 11.0. The summed E-state index contributed by atoms with van der Waals surface area (Å²) in [6, 6.07) is 17.2. The Morgan fingerprint density at radius 2 is 1.87 bits per heavy atom. The van der Waals surface area contributed by atoms with E-state index in [0.29, 0.717) is 23.6 Å². The number of carbonyl (C=O) groups excluding carboxylic acids is 2. The number of nitrogens with one attached hydrogen (secondary N) is 2. The van der Waals surface area contributed by atoms with Crippen molar-refractivity contribution in [2.24, 2.45) is 0 Å². The number of fused-ring (bicyclic) bond motifs is 2. The van der Waals surface area contributed by atoms with Crippen molar-refractivity contribution in [2.75, 3.05) is 33.8 Å². The molecule has 2 aromatic carbocycles. The minimum Gasteiger partial charge on any atom is -0.505 e. The molecule has 1 fully saturated rings. The van der Waals surface area contributed by atoms with Crippen LogP contribution in [-0.4, -0.2) is 72.4 Å². The van der Waals surface area contributed by atoms with E-state index in [-0.39, 0.29) is 11.4 Å². The zero-order valence-electron chi connectivity index (χ0n) is 22.0. The molecule has 3 N–H and O–H groups in total. The van der Waals surface area contributed by atoms with Gasteiger partial charge in [0.1, 0.15) is 24.2 Å². The summed E-state index contributed by atoms with van der Waals surface area (Å²) in [7, 11) is 4.24. The standard InChI is InChI=1S/C20H16N2O2.C7H16N2.C2H3FO2/c1-2-17-15(10-16-19(24)18(11-23)22-20(16)21-17)14-8-7-12-5-3-4-6-13(12)9-14;1-8-7-3-5-9(2)6-4-7;3-5-2-1-4/h3-11,24H,2H2,1H3,(H,21,22);7-8H,3-6H2,1-2H3;1H,2H2. The number of aromatic nitrogens is 2. The van der Waals surface area contributed by atoms with Crippen molar-refractivity contribution < 1.29 is 24.2 Å². The van der Waals surface area contributed by atoms with Crippen molar-refractivity contribution in [2.45, 2.75) is 32.2 Å². The molecule has 4 aromatic rings. The number of aromatic hydroxyl groups is 1. The number of benzene rings is 2. The lowest BCUT2D eigenvalue weighted by Crippen LogP contribution is -2.39. The van der Waals surface area contributed by atoms with Crippen LogP contribution in [0.25, 0.3) is 32.9 Å². The van der Waals surface area contributed by atoms with Crippen molar-refractivity contribution in [1.82, 2.24) is 20.2 Å². The summed E-state index contributed by atoms with van der Waals surface area (Å²) in [4.78, 5) is 32.8. The Balaban J connectivity index is 0.000000236. The largest absolute Gasteiger partial charge is 0.505 e. The average Bonchev–Trinajstić information content (AvgIpc) is 3.28. The normalized spacial score (nSPS) is 13.9. The van der Waals surface area contributed by atoms with E-state index in [4.69, 9.17) is 4.79 Å². The molecule has 0 spiro atoms. The third-order valence-corrected chi connectivity index (χ3v) is 6.64. The Morgan fingerprint density at radius 1 is 1.16 bits per heavy atom. The molecule has 2 aromatic heterocycles. The molecule has 8 nitrogen and oxygen atoms in total. The van der Waals surface area contributed by atoms with E-state index in [0.717, 1.165) is 34.7 Å². The Hall–Kier alpha value is -3.66. The first-order valence-corrected chi connectivity index (χ1v) is 12.7. The highest BCUT2D eigenvalue weighted by Crippen LogP contribution is 2.34. The van der Waals surface area contributed by atoms with Gasteiger partial charge in [-0.3, -0.25) is 4.79 Å². The molecule has 0 atom stereocenters. The summed E-state index contributed by atoms with van der Waals surface area (Å²) in [6.07, 6.45) is 4.33. The summed E-state index contributed by atoms with van der Waals surface area (Å²) in [5.41, 5.74) is 3.65. The third kappa shape index (κ3) is 7.22. The highest BCUT2D eigenvalue weighted by molar-refractivity contribution is 5.96. The molecule has 0 bridgehead atoms. The maximum Gasteiger partial charge on any atom is 0.170 e. The first-order chi connectivity index (χ1) is 18.4. The summed E-state index contributed by atoms with van der Waals surface area (Å²) in [5.74, 6) is -0.0443. The van der Waals surface area contributed by atoms with Crippen LogP contribution in [0.2, 0.25) is 0 Å². The van der Waals surface area contributed by atoms with E-state index in [1.165, 1.54) is 31.3 Å². The monoisotopic (exact) mass is 522 g/mol.